The second-order valence-corrected chi connectivity index (χ2v) is 11.3. The molecule has 1 aliphatic heterocycles. The van der Waals surface area contributed by atoms with Crippen molar-refractivity contribution in [2.24, 2.45) is 0 Å². The van der Waals surface area contributed by atoms with Crippen LogP contribution in [-0.2, 0) is 35.0 Å². The highest BCUT2D eigenvalue weighted by Gasteiger charge is 2.35. The summed E-state index contributed by atoms with van der Waals surface area (Å²) in [6, 6.07) is 22.7. The van der Waals surface area contributed by atoms with Crippen molar-refractivity contribution in [1.82, 2.24) is 14.6 Å². The number of nitrogens with zero attached hydrogens (tertiary/aromatic N) is 2. The van der Waals surface area contributed by atoms with Gasteiger partial charge in [0.05, 0.1) is 16.2 Å². The highest BCUT2D eigenvalue weighted by molar-refractivity contribution is 7.82. The second-order valence-electron chi connectivity index (χ2n) is 9.88. The van der Waals surface area contributed by atoms with Gasteiger partial charge >= 0.3 is 6.18 Å². The summed E-state index contributed by atoms with van der Waals surface area (Å²) in [7, 11) is -1.62. The maximum atomic E-state index is 13.3. The molecule has 0 aliphatic carbocycles. The number of halogens is 4. The van der Waals surface area contributed by atoms with Gasteiger partial charge in [0.2, 0.25) is 5.91 Å². The number of hydrogen-bond acceptors (Lipinski definition) is 4. The molecule has 1 unspecified atom stereocenters. The van der Waals surface area contributed by atoms with E-state index in [4.69, 9.17) is 0 Å². The van der Waals surface area contributed by atoms with Gasteiger partial charge in [-0.15, -0.1) is 0 Å². The first-order valence-corrected chi connectivity index (χ1v) is 14.5. The molecule has 2 atom stereocenters. The Morgan fingerprint density at radius 2 is 1.64 bits per heavy atom. The summed E-state index contributed by atoms with van der Waals surface area (Å²) in [5, 5.41) is 6.17. The van der Waals surface area contributed by atoms with Crippen molar-refractivity contribution < 1.29 is 26.6 Å². The summed E-state index contributed by atoms with van der Waals surface area (Å²) in [5.74, 6) is -0.229. The lowest BCUT2D eigenvalue weighted by Crippen LogP contribution is -2.43. The number of rotatable bonds is 9. The van der Waals surface area contributed by atoms with Gasteiger partial charge in [-0.25, -0.2) is 17.9 Å². The van der Waals surface area contributed by atoms with E-state index >= 15 is 0 Å². The predicted molar refractivity (Wildman–Crippen MR) is 153 cm³/mol. The van der Waals surface area contributed by atoms with E-state index in [0.717, 1.165) is 17.7 Å². The van der Waals surface area contributed by atoms with Crippen molar-refractivity contribution in [3.8, 4) is 11.3 Å². The van der Waals surface area contributed by atoms with Crippen molar-refractivity contribution >= 4 is 22.7 Å². The minimum absolute atomic E-state index is 0.128. The molecule has 3 aromatic carbocycles. The molecule has 1 aliphatic rings. The Kier molecular flexibility index (Phi) is 8.98. The molecule has 0 radical (unpaired) electrons. The van der Waals surface area contributed by atoms with Gasteiger partial charge < -0.3 is 10.6 Å². The number of amides is 1. The zero-order valence-electron chi connectivity index (χ0n) is 22.4. The number of benzene rings is 3. The molecule has 5 rings (SSSR count). The van der Waals surface area contributed by atoms with E-state index in [1.54, 1.807) is 16.4 Å². The average Bonchev–Trinajstić information content (AvgIpc) is 3.49. The monoisotopic (exact) mass is 596 g/mol. The first-order valence-electron chi connectivity index (χ1n) is 13.4. The lowest BCUT2D eigenvalue weighted by Gasteiger charge is -2.22. The van der Waals surface area contributed by atoms with Gasteiger partial charge in [-0.3, -0.25) is 4.79 Å². The third-order valence-corrected chi connectivity index (χ3v) is 8.45. The van der Waals surface area contributed by atoms with Crippen LogP contribution in [0.4, 0.5) is 23.4 Å². The molecule has 1 aromatic heterocycles. The van der Waals surface area contributed by atoms with E-state index in [-0.39, 0.29) is 12.5 Å². The van der Waals surface area contributed by atoms with Crippen LogP contribution in [0.1, 0.15) is 29.5 Å². The molecule has 2 heterocycles. The van der Waals surface area contributed by atoms with Crippen LogP contribution < -0.4 is 10.6 Å². The Bertz CT molecular complexity index is 1550. The third-order valence-electron chi connectivity index (χ3n) is 6.91. The van der Waals surface area contributed by atoms with E-state index in [1.807, 2.05) is 30.3 Å². The molecule has 42 heavy (non-hydrogen) atoms. The second kappa shape index (κ2) is 12.8. The first-order chi connectivity index (χ1) is 20.2. The van der Waals surface area contributed by atoms with Crippen molar-refractivity contribution in [2.75, 3.05) is 11.9 Å². The van der Waals surface area contributed by atoms with Gasteiger partial charge in [-0.1, -0.05) is 42.5 Å². The summed E-state index contributed by atoms with van der Waals surface area (Å²) in [4.78, 5) is 18.2. The fourth-order valence-electron chi connectivity index (χ4n) is 4.74. The summed E-state index contributed by atoms with van der Waals surface area (Å²) >= 11 is 0. The first kappa shape index (κ1) is 29.4. The van der Waals surface area contributed by atoms with Crippen LogP contribution in [-0.4, -0.2) is 32.0 Å². The average molecular weight is 597 g/mol. The van der Waals surface area contributed by atoms with Gasteiger partial charge in [0.25, 0.3) is 0 Å². The number of hydrogen-bond donors (Lipinski definition) is 2. The van der Waals surface area contributed by atoms with Crippen LogP contribution in [0.25, 0.3) is 11.3 Å². The number of carbonyl (C=O) groups is 1. The van der Waals surface area contributed by atoms with E-state index in [9.17, 15) is 26.6 Å². The Labute approximate surface area is 243 Å². The van der Waals surface area contributed by atoms with Crippen LogP contribution >= 0.6 is 0 Å². The van der Waals surface area contributed by atoms with Gasteiger partial charge in [0.1, 0.15) is 28.7 Å². The molecule has 4 aromatic rings. The summed E-state index contributed by atoms with van der Waals surface area (Å²) in [6.07, 6.45) is -3.24. The lowest BCUT2D eigenvalue weighted by atomic mass is 10.1. The summed E-state index contributed by atoms with van der Waals surface area (Å²) < 4.78 is 67.4. The van der Waals surface area contributed by atoms with Gasteiger partial charge in [0.15, 0.2) is 0 Å². The Morgan fingerprint density at radius 1 is 0.929 bits per heavy atom. The molecule has 0 saturated carbocycles. The molecular weight excluding hydrogens is 568 g/mol. The fourth-order valence-corrected chi connectivity index (χ4v) is 6.11. The topological polar surface area (TPSA) is 74.3 Å². The summed E-state index contributed by atoms with van der Waals surface area (Å²) in [5.41, 5.74) is 1.90. The van der Waals surface area contributed by atoms with Crippen molar-refractivity contribution in [3.63, 3.8) is 0 Å². The highest BCUT2D eigenvalue weighted by atomic mass is 32.2. The normalized spacial score (nSPS) is 16.2. The molecule has 6 nitrogen and oxygen atoms in total. The predicted octanol–water partition coefficient (Wildman–Crippen LogP) is 6.32. The Hall–Kier alpha value is -4.09. The smallest absolute Gasteiger partial charge is 0.366 e. The zero-order chi connectivity index (χ0) is 29.7. The largest absolute Gasteiger partial charge is 0.416 e. The van der Waals surface area contributed by atoms with E-state index in [1.165, 1.54) is 36.4 Å². The van der Waals surface area contributed by atoms with Gasteiger partial charge in [-0.2, -0.15) is 13.2 Å². The molecule has 2 N–H and O–H groups in total. The van der Waals surface area contributed by atoms with E-state index < -0.39 is 34.6 Å². The molecule has 218 valence electrons. The SMILES string of the molecule is O=C(NCc1cc(NCc2ccccc2)nc(-c2ccc(C(F)(F)F)cc2)c1)[C@@H]1CCCN1S(=O)c1ccc(F)cc1. The minimum Gasteiger partial charge on any atom is -0.366 e. The maximum Gasteiger partial charge on any atom is 0.416 e. The minimum atomic E-state index is -4.45. The van der Waals surface area contributed by atoms with E-state index in [0.29, 0.717) is 53.5 Å². The molecule has 1 saturated heterocycles. The zero-order valence-corrected chi connectivity index (χ0v) is 23.2. The lowest BCUT2D eigenvalue weighted by molar-refractivity contribution is -0.137. The van der Waals surface area contributed by atoms with Crippen molar-refractivity contribution in [2.45, 2.75) is 43.0 Å². The number of pyridine rings is 1. The van der Waals surface area contributed by atoms with Crippen LogP contribution in [0.15, 0.2) is 95.9 Å². The maximum absolute atomic E-state index is 13.3. The Morgan fingerprint density at radius 3 is 2.33 bits per heavy atom. The summed E-state index contributed by atoms with van der Waals surface area (Å²) in [6.45, 7) is 1.06. The third kappa shape index (κ3) is 7.21. The standard InChI is InChI=1S/C31H28F4N4O2S/c32-25-12-14-26(15-13-25)42(41)39-16-4-7-28(39)30(40)37-20-22-17-27(23-8-10-24(11-9-23)31(33,34)35)38-29(18-22)36-19-21-5-2-1-3-6-21/h1-3,5-6,8-15,17-18,28H,4,7,16,19-20H2,(H,36,38)(H,37,40)/t28-,42?/m0/s1. The van der Waals surface area contributed by atoms with Crippen LogP contribution in [0.2, 0.25) is 0 Å². The molecule has 11 heteroatoms. The van der Waals surface area contributed by atoms with Gasteiger partial charge in [-0.05, 0) is 72.5 Å². The van der Waals surface area contributed by atoms with E-state index in [2.05, 4.69) is 15.6 Å². The quantitative estimate of drug-likeness (QED) is 0.222. The molecule has 0 bridgehead atoms. The highest BCUT2D eigenvalue weighted by Crippen LogP contribution is 2.31. The van der Waals surface area contributed by atoms with Crippen LogP contribution in [0, 0.1) is 5.82 Å². The van der Waals surface area contributed by atoms with Crippen molar-refractivity contribution in [1.29, 1.82) is 0 Å². The number of alkyl halides is 3. The fraction of sp³-hybridized carbons (Fsp3) is 0.226. The van der Waals surface area contributed by atoms with Gasteiger partial charge in [0, 0.05) is 25.2 Å². The molecular formula is C31H28F4N4O2S. The number of anilines is 1. The van der Waals surface area contributed by atoms with Crippen LogP contribution in [0.5, 0.6) is 0 Å². The number of carbonyl (C=O) groups excluding carboxylic acids is 1. The molecule has 1 amide bonds. The van der Waals surface area contributed by atoms with Crippen molar-refractivity contribution in [3.05, 3.63) is 114 Å². The molecule has 1 fully saturated rings. The number of nitrogens with one attached hydrogen (secondary N) is 2. The molecule has 0 spiro atoms. The Balaban J connectivity index is 1.33. The number of aromatic nitrogens is 1. The van der Waals surface area contributed by atoms with Crippen LogP contribution in [0.3, 0.4) is 0 Å².